The van der Waals surface area contributed by atoms with Crippen LogP contribution in [0.2, 0.25) is 0 Å². The topological polar surface area (TPSA) is 18.5 Å². The number of hydrogen-bond donors (Lipinski definition) is 0. The van der Waals surface area contributed by atoms with Crippen LogP contribution in [0.15, 0.2) is 24.2 Å². The van der Waals surface area contributed by atoms with E-state index in [1.165, 1.54) is 5.57 Å². The van der Waals surface area contributed by atoms with Gasteiger partial charge < -0.3 is 9.31 Å². The van der Waals surface area contributed by atoms with Crippen molar-refractivity contribution in [3.8, 4) is 0 Å². The average Bonchev–Trinajstić information content (AvgIpc) is 2.00. The molecule has 15 heavy (non-hydrogen) atoms. The Balaban J connectivity index is 4.34. The molecule has 0 spiro atoms. The summed E-state index contributed by atoms with van der Waals surface area (Å²) in [7, 11) is -0.245. The van der Waals surface area contributed by atoms with Crippen molar-refractivity contribution in [2.75, 3.05) is 0 Å². The van der Waals surface area contributed by atoms with Gasteiger partial charge in [0.2, 0.25) is 0 Å². The van der Waals surface area contributed by atoms with Gasteiger partial charge in [0.15, 0.2) is 0 Å². The van der Waals surface area contributed by atoms with Gasteiger partial charge in [0.25, 0.3) is 0 Å². The predicted molar refractivity (Wildman–Crippen MR) is 66.8 cm³/mol. The van der Waals surface area contributed by atoms with Gasteiger partial charge in [-0.3, -0.25) is 0 Å². The highest BCUT2D eigenvalue weighted by molar-refractivity contribution is 6.51. The Kier molecular flexibility index (Phi) is 7.44. The number of allylic oxidation sites excluding steroid dienone is 2. The minimum absolute atomic E-state index is 0.168. The molecule has 3 heteroatoms. The van der Waals surface area contributed by atoms with Gasteiger partial charge in [-0.25, -0.2) is 0 Å². The minimum Gasteiger partial charge on any atom is -0.405 e. The third-order valence-corrected chi connectivity index (χ3v) is 1.70. The van der Waals surface area contributed by atoms with E-state index >= 15 is 0 Å². The SMILES string of the molecule is C=CC/C(C)=C\B(OC(C)C)OC(C)C. The van der Waals surface area contributed by atoms with Crippen LogP contribution in [0, 0.1) is 0 Å². The molecule has 0 saturated carbocycles. The lowest BCUT2D eigenvalue weighted by molar-refractivity contribution is 0.138. The Morgan fingerprint density at radius 2 is 1.67 bits per heavy atom. The summed E-state index contributed by atoms with van der Waals surface area (Å²) in [5.74, 6) is 2.02. The van der Waals surface area contributed by atoms with Gasteiger partial charge in [-0.2, -0.15) is 0 Å². The Hall–Kier alpha value is -0.535. The van der Waals surface area contributed by atoms with Crippen LogP contribution in [-0.4, -0.2) is 19.3 Å². The second-order valence-electron chi connectivity index (χ2n) is 4.24. The molecule has 0 bridgehead atoms. The maximum Gasteiger partial charge on any atom is 0.486 e. The summed E-state index contributed by atoms with van der Waals surface area (Å²) in [5, 5.41) is 0. The molecule has 0 saturated heterocycles. The zero-order valence-electron chi connectivity index (χ0n) is 10.6. The van der Waals surface area contributed by atoms with Crippen molar-refractivity contribution in [2.24, 2.45) is 0 Å². The van der Waals surface area contributed by atoms with Crippen molar-refractivity contribution in [1.29, 1.82) is 0 Å². The largest absolute Gasteiger partial charge is 0.486 e. The van der Waals surface area contributed by atoms with Crippen molar-refractivity contribution < 1.29 is 9.31 Å². The second kappa shape index (κ2) is 7.72. The van der Waals surface area contributed by atoms with Crippen molar-refractivity contribution in [3.63, 3.8) is 0 Å². The zero-order chi connectivity index (χ0) is 11.8. The first-order valence-corrected chi connectivity index (χ1v) is 5.54. The Morgan fingerprint density at radius 1 is 1.20 bits per heavy atom. The Morgan fingerprint density at radius 3 is 2.00 bits per heavy atom. The molecule has 0 aromatic heterocycles. The summed E-state index contributed by atoms with van der Waals surface area (Å²) in [5.41, 5.74) is 1.22. The molecule has 0 unspecified atom stereocenters. The fourth-order valence-corrected chi connectivity index (χ4v) is 1.18. The molecule has 0 rings (SSSR count). The van der Waals surface area contributed by atoms with E-state index in [0.717, 1.165) is 6.42 Å². The van der Waals surface area contributed by atoms with E-state index in [1.807, 2.05) is 39.7 Å². The number of hydrogen-bond acceptors (Lipinski definition) is 2. The van der Waals surface area contributed by atoms with Crippen LogP contribution in [0.5, 0.6) is 0 Å². The van der Waals surface area contributed by atoms with Crippen LogP contribution in [0.4, 0.5) is 0 Å². The molecular formula is C12H23BO2. The van der Waals surface area contributed by atoms with Gasteiger partial charge in [-0.1, -0.05) is 17.6 Å². The third-order valence-electron chi connectivity index (χ3n) is 1.70. The highest BCUT2D eigenvalue weighted by Gasteiger charge is 2.18. The fourth-order valence-electron chi connectivity index (χ4n) is 1.18. The van der Waals surface area contributed by atoms with Crippen molar-refractivity contribution >= 4 is 7.12 Å². The monoisotopic (exact) mass is 210 g/mol. The molecular weight excluding hydrogens is 187 g/mol. The first-order chi connectivity index (χ1) is 6.95. The smallest absolute Gasteiger partial charge is 0.405 e. The van der Waals surface area contributed by atoms with E-state index in [4.69, 9.17) is 9.31 Å². The summed E-state index contributed by atoms with van der Waals surface area (Å²) >= 11 is 0. The molecule has 86 valence electrons. The average molecular weight is 210 g/mol. The van der Waals surface area contributed by atoms with Crippen LogP contribution in [0.1, 0.15) is 41.0 Å². The fraction of sp³-hybridized carbons (Fsp3) is 0.667. The van der Waals surface area contributed by atoms with E-state index in [9.17, 15) is 0 Å². The molecule has 2 nitrogen and oxygen atoms in total. The normalized spacial score (nSPS) is 12.3. The summed E-state index contributed by atoms with van der Waals surface area (Å²) in [6.45, 7) is 13.8. The molecule has 0 aliphatic heterocycles. The van der Waals surface area contributed by atoms with Crippen LogP contribution in [0.3, 0.4) is 0 Å². The van der Waals surface area contributed by atoms with E-state index in [-0.39, 0.29) is 19.3 Å². The van der Waals surface area contributed by atoms with Crippen molar-refractivity contribution in [1.82, 2.24) is 0 Å². The highest BCUT2D eigenvalue weighted by atomic mass is 16.6. The summed E-state index contributed by atoms with van der Waals surface area (Å²) in [6.07, 6.45) is 3.09. The lowest BCUT2D eigenvalue weighted by atomic mass is 9.85. The van der Waals surface area contributed by atoms with Gasteiger partial charge in [0.05, 0.1) is 0 Å². The molecule has 0 aromatic rings. The summed E-state index contributed by atoms with van der Waals surface area (Å²) in [4.78, 5) is 0. The standard InChI is InChI=1S/C12H23BO2/c1-7-8-12(6)9-13(14-10(2)3)15-11(4)5/h7,9-11H,1,8H2,2-6H3/b12-9-. The Bertz CT molecular complexity index is 200. The Labute approximate surface area is 94.5 Å². The van der Waals surface area contributed by atoms with Gasteiger partial charge in [-0.05, 0) is 41.0 Å². The quantitative estimate of drug-likeness (QED) is 0.473. The highest BCUT2D eigenvalue weighted by Crippen LogP contribution is 2.07. The van der Waals surface area contributed by atoms with Crippen LogP contribution in [0.25, 0.3) is 0 Å². The molecule has 0 atom stereocenters. The van der Waals surface area contributed by atoms with Crippen LogP contribution < -0.4 is 0 Å². The lowest BCUT2D eigenvalue weighted by Crippen LogP contribution is -2.28. The first kappa shape index (κ1) is 14.5. The molecule has 0 aliphatic carbocycles. The molecule has 0 fully saturated rings. The van der Waals surface area contributed by atoms with Crippen molar-refractivity contribution in [3.05, 3.63) is 24.2 Å². The molecule has 0 aliphatic rings. The summed E-state index contributed by atoms with van der Waals surface area (Å²) in [6, 6.07) is 0. The zero-order valence-corrected chi connectivity index (χ0v) is 10.6. The van der Waals surface area contributed by atoms with E-state index in [2.05, 4.69) is 13.5 Å². The molecule has 0 amide bonds. The molecule has 0 heterocycles. The van der Waals surface area contributed by atoms with E-state index in [0.29, 0.717) is 0 Å². The van der Waals surface area contributed by atoms with Gasteiger partial charge in [0, 0.05) is 12.2 Å². The lowest BCUT2D eigenvalue weighted by Gasteiger charge is -2.17. The van der Waals surface area contributed by atoms with Crippen LogP contribution in [-0.2, 0) is 9.31 Å². The molecule has 0 N–H and O–H groups in total. The second-order valence-corrected chi connectivity index (χ2v) is 4.24. The van der Waals surface area contributed by atoms with Gasteiger partial charge >= 0.3 is 7.12 Å². The van der Waals surface area contributed by atoms with Gasteiger partial charge in [-0.15, -0.1) is 6.58 Å². The third kappa shape index (κ3) is 8.46. The summed E-state index contributed by atoms with van der Waals surface area (Å²) < 4.78 is 11.3. The molecule has 0 aromatic carbocycles. The maximum absolute atomic E-state index is 5.65. The first-order valence-electron chi connectivity index (χ1n) is 5.54. The van der Waals surface area contributed by atoms with E-state index < -0.39 is 0 Å². The van der Waals surface area contributed by atoms with Crippen LogP contribution >= 0.6 is 0 Å². The maximum atomic E-state index is 5.65. The van der Waals surface area contributed by atoms with E-state index in [1.54, 1.807) is 0 Å². The van der Waals surface area contributed by atoms with Gasteiger partial charge in [0.1, 0.15) is 0 Å². The molecule has 0 radical (unpaired) electrons. The van der Waals surface area contributed by atoms with Crippen molar-refractivity contribution in [2.45, 2.75) is 53.2 Å². The minimum atomic E-state index is -0.245. The predicted octanol–water partition coefficient (Wildman–Crippen LogP) is 3.39. The number of rotatable bonds is 7.